The number of aromatic nitrogens is 4. The van der Waals surface area contributed by atoms with Gasteiger partial charge in [-0.3, -0.25) is 0 Å². The Morgan fingerprint density at radius 3 is 2.42 bits per heavy atom. The molecule has 2 aromatic carbocycles. The molecule has 4 rings (SSSR count). The van der Waals surface area contributed by atoms with Crippen molar-refractivity contribution in [3.05, 3.63) is 58.9 Å². The van der Waals surface area contributed by atoms with Crippen molar-refractivity contribution in [1.82, 2.24) is 20.6 Å². The molecule has 2 aromatic heterocycles. The molecule has 0 unspecified atom stereocenters. The van der Waals surface area contributed by atoms with Gasteiger partial charge in [-0.15, -0.1) is 10.2 Å². The molecule has 0 saturated heterocycles. The number of nitrogens with one attached hydrogen (secondary N) is 1. The highest BCUT2D eigenvalue weighted by Gasteiger charge is 2.34. The summed E-state index contributed by atoms with van der Waals surface area (Å²) in [4.78, 5) is 0. The lowest BCUT2D eigenvalue weighted by Crippen LogP contribution is -2.06. The number of tetrazole rings is 1. The summed E-state index contributed by atoms with van der Waals surface area (Å²) in [6, 6.07) is 8.01. The number of alkyl halides is 5. The van der Waals surface area contributed by atoms with Gasteiger partial charge in [0, 0.05) is 5.39 Å². The average Bonchev–Trinajstić information content (AvgIpc) is 3.38. The Labute approximate surface area is 170 Å². The Morgan fingerprint density at radius 2 is 1.77 bits per heavy atom. The molecule has 2 N–H and O–H groups in total. The first-order valence-electron chi connectivity index (χ1n) is 8.70. The number of phenols is 1. The molecule has 0 radical (unpaired) electrons. The van der Waals surface area contributed by atoms with Gasteiger partial charge in [-0.25, -0.2) is 13.2 Å². The van der Waals surface area contributed by atoms with Gasteiger partial charge in [0.05, 0.1) is 5.56 Å². The molecule has 2 heterocycles. The van der Waals surface area contributed by atoms with Crippen LogP contribution in [-0.4, -0.2) is 32.7 Å². The summed E-state index contributed by atoms with van der Waals surface area (Å²) in [6.07, 6.45) is -4.35. The summed E-state index contributed by atoms with van der Waals surface area (Å²) in [7, 11) is 0. The molecule has 0 amide bonds. The minimum absolute atomic E-state index is 0.0130. The molecule has 6 nitrogen and oxygen atoms in total. The predicted octanol–water partition coefficient (Wildman–Crippen LogP) is 5.14. The van der Waals surface area contributed by atoms with E-state index in [1.165, 1.54) is 6.07 Å². The van der Waals surface area contributed by atoms with Crippen molar-refractivity contribution in [2.75, 3.05) is 6.93 Å². The average molecular weight is 444 g/mol. The number of hydrogen-bond donors (Lipinski definition) is 2. The van der Waals surface area contributed by atoms with Crippen LogP contribution in [0.15, 0.2) is 40.8 Å². The Kier molecular flexibility index (Phi) is 6.47. The summed E-state index contributed by atoms with van der Waals surface area (Å²) in [5, 5.41) is 23.1. The van der Waals surface area contributed by atoms with Gasteiger partial charge in [0.1, 0.15) is 5.75 Å². The highest BCUT2D eigenvalue weighted by atomic mass is 19.4. The van der Waals surface area contributed by atoms with E-state index >= 15 is 0 Å². The standard InChI is InChI=1S/C18H12F4N4O2.CH2F2/c19-15-10(3-1-9-2-6-13(27)12(7-9)18(20,21)22)4-5-11-8-14(28-16(11)15)17-23-25-26-24-17;2-1-3/h2,4-8,27H,1,3H2,(H,23,24,25,26);1H2. The van der Waals surface area contributed by atoms with E-state index in [1.54, 1.807) is 18.2 Å². The Hall–Kier alpha value is -3.57. The van der Waals surface area contributed by atoms with Gasteiger partial charge >= 0.3 is 6.18 Å². The fourth-order valence-corrected chi connectivity index (χ4v) is 2.92. The van der Waals surface area contributed by atoms with Gasteiger partial charge < -0.3 is 9.52 Å². The first kappa shape index (κ1) is 22.1. The lowest BCUT2D eigenvalue weighted by Gasteiger charge is -2.11. The maximum Gasteiger partial charge on any atom is 0.419 e. The second-order valence-electron chi connectivity index (χ2n) is 6.25. The maximum atomic E-state index is 14.8. The molecule has 0 atom stereocenters. The number of halogens is 6. The molecule has 0 saturated carbocycles. The van der Waals surface area contributed by atoms with E-state index in [0.29, 0.717) is 16.5 Å². The van der Waals surface area contributed by atoms with Gasteiger partial charge in [-0.1, -0.05) is 18.2 Å². The number of H-pyrrole nitrogens is 1. The minimum atomic E-state index is -4.66. The van der Waals surface area contributed by atoms with Crippen LogP contribution >= 0.6 is 0 Å². The van der Waals surface area contributed by atoms with Crippen molar-refractivity contribution in [3.63, 3.8) is 0 Å². The molecular weight excluding hydrogens is 430 g/mol. The van der Waals surface area contributed by atoms with Crippen LogP contribution in [0, 0.1) is 5.82 Å². The molecule has 0 spiro atoms. The van der Waals surface area contributed by atoms with Crippen molar-refractivity contribution in [2.24, 2.45) is 0 Å². The Balaban J connectivity index is 0.000000858. The smallest absolute Gasteiger partial charge is 0.419 e. The zero-order valence-electron chi connectivity index (χ0n) is 15.6. The van der Waals surface area contributed by atoms with Gasteiger partial charge in [0.25, 0.3) is 0 Å². The number of hydrogen-bond acceptors (Lipinski definition) is 5. The van der Waals surface area contributed by atoms with Crippen LogP contribution in [0.1, 0.15) is 16.7 Å². The predicted molar refractivity (Wildman–Crippen MR) is 96.9 cm³/mol. The van der Waals surface area contributed by atoms with E-state index in [0.717, 1.165) is 12.1 Å². The monoisotopic (exact) mass is 444 g/mol. The van der Waals surface area contributed by atoms with Crippen molar-refractivity contribution < 1.29 is 35.9 Å². The van der Waals surface area contributed by atoms with Gasteiger partial charge in [-0.05, 0) is 47.4 Å². The third-order valence-corrected chi connectivity index (χ3v) is 4.32. The zero-order valence-corrected chi connectivity index (χ0v) is 15.6. The summed E-state index contributed by atoms with van der Waals surface area (Å²) in [5.41, 5.74) is -0.476. The van der Waals surface area contributed by atoms with Crippen LogP contribution in [-0.2, 0) is 19.0 Å². The topological polar surface area (TPSA) is 87.8 Å². The molecule has 0 bridgehead atoms. The van der Waals surface area contributed by atoms with Crippen molar-refractivity contribution in [3.8, 4) is 17.3 Å². The summed E-state index contributed by atoms with van der Waals surface area (Å²) >= 11 is 0. The largest absolute Gasteiger partial charge is 0.507 e. The molecule has 31 heavy (non-hydrogen) atoms. The molecule has 0 fully saturated rings. The fourth-order valence-electron chi connectivity index (χ4n) is 2.92. The van der Waals surface area contributed by atoms with Gasteiger partial charge in [-0.2, -0.15) is 18.4 Å². The van der Waals surface area contributed by atoms with E-state index in [-0.39, 0.29) is 30.0 Å². The Morgan fingerprint density at radius 1 is 1.03 bits per heavy atom. The highest BCUT2D eigenvalue weighted by Crippen LogP contribution is 2.36. The number of rotatable bonds is 4. The van der Waals surface area contributed by atoms with E-state index < -0.39 is 30.2 Å². The number of aromatic amines is 1. The third kappa shape index (κ3) is 4.95. The van der Waals surface area contributed by atoms with Crippen LogP contribution in [0.2, 0.25) is 0 Å². The van der Waals surface area contributed by atoms with E-state index in [4.69, 9.17) is 4.42 Å². The van der Waals surface area contributed by atoms with Crippen LogP contribution in [0.3, 0.4) is 0 Å². The zero-order chi connectivity index (χ0) is 22.6. The van der Waals surface area contributed by atoms with E-state index in [2.05, 4.69) is 20.6 Å². The molecule has 0 aliphatic carbocycles. The van der Waals surface area contributed by atoms with Crippen molar-refractivity contribution in [2.45, 2.75) is 19.0 Å². The molecular formula is C19H14F6N4O2. The number of furan rings is 1. The number of aromatic hydroxyl groups is 1. The van der Waals surface area contributed by atoms with Crippen LogP contribution in [0.5, 0.6) is 5.75 Å². The number of fused-ring (bicyclic) bond motifs is 1. The third-order valence-electron chi connectivity index (χ3n) is 4.32. The second kappa shape index (κ2) is 9.06. The first-order chi connectivity index (χ1) is 14.7. The highest BCUT2D eigenvalue weighted by molar-refractivity contribution is 5.82. The Bertz CT molecular complexity index is 1160. The maximum absolute atomic E-state index is 14.8. The van der Waals surface area contributed by atoms with E-state index in [9.17, 15) is 31.4 Å². The quantitative estimate of drug-likeness (QED) is 0.426. The van der Waals surface area contributed by atoms with Gasteiger partial charge in [0.15, 0.2) is 17.2 Å². The number of aryl methyl sites for hydroxylation is 2. The molecule has 12 heteroatoms. The molecule has 4 aromatic rings. The number of benzene rings is 2. The van der Waals surface area contributed by atoms with Crippen LogP contribution in [0.4, 0.5) is 26.3 Å². The fraction of sp³-hybridized carbons (Fsp3) is 0.211. The second-order valence-corrected chi connectivity index (χ2v) is 6.25. The summed E-state index contributed by atoms with van der Waals surface area (Å²) < 4.78 is 78.2. The van der Waals surface area contributed by atoms with Crippen LogP contribution in [0.25, 0.3) is 22.6 Å². The molecule has 164 valence electrons. The SMILES string of the molecule is FCF.Oc1ccc(CCc2ccc3cc(-c4nn[nH]n4)oc3c2F)cc1C(F)(F)F. The molecule has 0 aliphatic rings. The van der Waals surface area contributed by atoms with Crippen molar-refractivity contribution >= 4 is 11.0 Å². The normalized spacial score (nSPS) is 11.4. The molecule has 0 aliphatic heterocycles. The lowest BCUT2D eigenvalue weighted by molar-refractivity contribution is -0.138. The van der Waals surface area contributed by atoms with Gasteiger partial charge in [0.2, 0.25) is 12.8 Å². The summed E-state index contributed by atoms with van der Waals surface area (Å²) in [6.45, 7) is -1.75. The summed E-state index contributed by atoms with van der Waals surface area (Å²) in [5.74, 6) is -1.01. The van der Waals surface area contributed by atoms with E-state index in [1.807, 2.05) is 0 Å². The number of nitrogens with zero attached hydrogens (tertiary/aromatic N) is 3. The van der Waals surface area contributed by atoms with Crippen molar-refractivity contribution in [1.29, 1.82) is 0 Å². The minimum Gasteiger partial charge on any atom is -0.507 e. The lowest BCUT2D eigenvalue weighted by atomic mass is 10.0. The van der Waals surface area contributed by atoms with Crippen LogP contribution < -0.4 is 0 Å². The first-order valence-corrected chi connectivity index (χ1v) is 8.70. The number of phenolic OH excluding ortho intramolecular Hbond substituents is 1.